The van der Waals surface area contributed by atoms with E-state index in [0.29, 0.717) is 5.75 Å². The van der Waals surface area contributed by atoms with Crippen molar-refractivity contribution in [3.05, 3.63) is 22.7 Å². The molecule has 1 aromatic carbocycles. The highest BCUT2D eigenvalue weighted by atomic mass is 35.5. The Hall–Kier alpha value is -1.42. The normalized spacial score (nSPS) is 11.1. The highest BCUT2D eigenvalue weighted by molar-refractivity contribution is 6.34. The lowest BCUT2D eigenvalue weighted by molar-refractivity contribution is 0.00707. The zero-order chi connectivity index (χ0) is 13.2. The number of carbonyl (C=O) groups is 1. The van der Waals surface area contributed by atoms with Crippen molar-refractivity contribution in [2.45, 2.75) is 26.4 Å². The van der Waals surface area contributed by atoms with Crippen molar-refractivity contribution in [3.63, 3.8) is 0 Å². The van der Waals surface area contributed by atoms with Crippen LogP contribution in [0.15, 0.2) is 12.1 Å². The Morgan fingerprint density at radius 1 is 1.35 bits per heavy atom. The van der Waals surface area contributed by atoms with Crippen molar-refractivity contribution >= 4 is 23.3 Å². The minimum Gasteiger partial charge on any atom is -0.495 e. The first-order chi connectivity index (χ1) is 7.76. The van der Waals surface area contributed by atoms with Crippen molar-refractivity contribution in [3.8, 4) is 5.75 Å². The maximum atomic E-state index is 11.9. The average Bonchev–Trinajstić information content (AvgIpc) is 2.15. The summed E-state index contributed by atoms with van der Waals surface area (Å²) in [5.74, 6) is -0.158. The third-order valence-electron chi connectivity index (χ3n) is 1.98. The molecule has 0 unspecified atom stereocenters. The number of anilines is 1. The standard InChI is InChI=1S/C12H16ClNO3/c1-12(2,3)17-11(15)9-7(13)5-6-8(16-4)10(9)14/h5-6H,14H2,1-4H3. The van der Waals surface area contributed by atoms with Gasteiger partial charge in [0.25, 0.3) is 0 Å². The molecule has 0 radical (unpaired) electrons. The Morgan fingerprint density at radius 2 is 1.94 bits per heavy atom. The van der Waals surface area contributed by atoms with E-state index in [1.807, 2.05) is 0 Å². The van der Waals surface area contributed by atoms with Gasteiger partial charge in [-0.15, -0.1) is 0 Å². The second-order valence-corrected chi connectivity index (χ2v) is 4.95. The highest BCUT2D eigenvalue weighted by Gasteiger charge is 2.23. The molecule has 2 N–H and O–H groups in total. The molecule has 94 valence electrons. The number of nitrogens with two attached hydrogens (primary N) is 1. The van der Waals surface area contributed by atoms with E-state index in [-0.39, 0.29) is 16.3 Å². The number of halogens is 1. The van der Waals surface area contributed by atoms with Gasteiger partial charge in [-0.3, -0.25) is 0 Å². The molecular formula is C12H16ClNO3. The largest absolute Gasteiger partial charge is 0.495 e. The molecule has 0 aliphatic rings. The molecule has 0 spiro atoms. The number of hydrogen-bond donors (Lipinski definition) is 1. The first kappa shape index (κ1) is 13.6. The van der Waals surface area contributed by atoms with Gasteiger partial charge >= 0.3 is 5.97 Å². The lowest BCUT2D eigenvalue weighted by atomic mass is 10.1. The zero-order valence-corrected chi connectivity index (χ0v) is 11.1. The summed E-state index contributed by atoms with van der Waals surface area (Å²) in [6, 6.07) is 3.15. The molecule has 5 heteroatoms. The minimum atomic E-state index is -0.601. The van der Waals surface area contributed by atoms with Crippen LogP contribution in [0.2, 0.25) is 5.02 Å². The van der Waals surface area contributed by atoms with Crippen LogP contribution in [0.4, 0.5) is 5.69 Å². The number of hydrogen-bond acceptors (Lipinski definition) is 4. The van der Waals surface area contributed by atoms with Crippen LogP contribution in [0.5, 0.6) is 5.75 Å². The summed E-state index contributed by atoms with van der Waals surface area (Å²) in [6.45, 7) is 5.32. The lowest BCUT2D eigenvalue weighted by Gasteiger charge is -2.21. The van der Waals surface area contributed by atoms with Crippen LogP contribution in [0.3, 0.4) is 0 Å². The number of rotatable bonds is 2. The van der Waals surface area contributed by atoms with Gasteiger partial charge in [0, 0.05) is 0 Å². The quantitative estimate of drug-likeness (QED) is 0.654. The summed E-state index contributed by atoms with van der Waals surface area (Å²) in [5, 5.41) is 0.248. The molecule has 0 saturated heterocycles. The fourth-order valence-corrected chi connectivity index (χ4v) is 1.53. The van der Waals surface area contributed by atoms with Gasteiger partial charge in [0.1, 0.15) is 16.9 Å². The fourth-order valence-electron chi connectivity index (χ4n) is 1.29. The van der Waals surface area contributed by atoms with E-state index < -0.39 is 11.6 Å². The van der Waals surface area contributed by atoms with Crippen molar-refractivity contribution < 1.29 is 14.3 Å². The molecule has 1 rings (SSSR count). The molecule has 0 heterocycles. The Morgan fingerprint density at radius 3 is 2.41 bits per heavy atom. The molecule has 0 aromatic heterocycles. The number of carbonyl (C=O) groups excluding carboxylic acids is 1. The van der Waals surface area contributed by atoms with Gasteiger partial charge in [0.15, 0.2) is 0 Å². The lowest BCUT2D eigenvalue weighted by Crippen LogP contribution is -2.24. The van der Waals surface area contributed by atoms with Crippen molar-refractivity contribution in [2.75, 3.05) is 12.8 Å². The van der Waals surface area contributed by atoms with Crippen molar-refractivity contribution in [2.24, 2.45) is 0 Å². The highest BCUT2D eigenvalue weighted by Crippen LogP contribution is 2.32. The van der Waals surface area contributed by atoms with Crippen LogP contribution >= 0.6 is 11.6 Å². The number of benzene rings is 1. The summed E-state index contributed by atoms with van der Waals surface area (Å²) in [7, 11) is 1.47. The van der Waals surface area contributed by atoms with Gasteiger partial charge in [-0.2, -0.15) is 0 Å². The SMILES string of the molecule is COc1ccc(Cl)c(C(=O)OC(C)(C)C)c1N. The van der Waals surface area contributed by atoms with E-state index in [9.17, 15) is 4.79 Å². The Labute approximate surface area is 106 Å². The van der Waals surface area contributed by atoms with E-state index in [0.717, 1.165) is 0 Å². The molecule has 0 saturated carbocycles. The van der Waals surface area contributed by atoms with Gasteiger partial charge in [-0.1, -0.05) is 11.6 Å². The van der Waals surface area contributed by atoms with Gasteiger partial charge in [-0.25, -0.2) is 4.79 Å². The second kappa shape index (κ2) is 4.84. The summed E-state index contributed by atoms with van der Waals surface area (Å²) in [5.41, 5.74) is 5.53. The minimum absolute atomic E-state index is 0.140. The second-order valence-electron chi connectivity index (χ2n) is 4.54. The Bertz CT molecular complexity index is 438. The first-order valence-corrected chi connectivity index (χ1v) is 5.49. The smallest absolute Gasteiger partial charge is 0.342 e. The molecule has 4 nitrogen and oxygen atoms in total. The predicted molar refractivity (Wildman–Crippen MR) is 67.6 cm³/mol. The van der Waals surface area contributed by atoms with Crippen LogP contribution in [0.25, 0.3) is 0 Å². The molecule has 0 bridgehead atoms. The molecule has 0 aliphatic carbocycles. The monoisotopic (exact) mass is 257 g/mol. The van der Waals surface area contributed by atoms with Crippen molar-refractivity contribution in [1.82, 2.24) is 0 Å². The van der Waals surface area contributed by atoms with E-state index >= 15 is 0 Å². The van der Waals surface area contributed by atoms with E-state index in [1.54, 1.807) is 32.9 Å². The van der Waals surface area contributed by atoms with Gasteiger partial charge < -0.3 is 15.2 Å². The topological polar surface area (TPSA) is 61.5 Å². The van der Waals surface area contributed by atoms with Gasteiger partial charge in [-0.05, 0) is 32.9 Å². The van der Waals surface area contributed by atoms with Gasteiger partial charge in [0.2, 0.25) is 0 Å². The number of esters is 1. The third kappa shape index (κ3) is 3.27. The molecule has 0 aliphatic heterocycles. The number of ether oxygens (including phenoxy) is 2. The van der Waals surface area contributed by atoms with Gasteiger partial charge in [0.05, 0.1) is 17.8 Å². The predicted octanol–water partition coefficient (Wildman–Crippen LogP) is 2.89. The number of methoxy groups -OCH3 is 1. The zero-order valence-electron chi connectivity index (χ0n) is 10.3. The van der Waals surface area contributed by atoms with E-state index in [1.165, 1.54) is 7.11 Å². The molecular weight excluding hydrogens is 242 g/mol. The van der Waals surface area contributed by atoms with E-state index in [4.69, 9.17) is 26.8 Å². The van der Waals surface area contributed by atoms with Crippen molar-refractivity contribution in [1.29, 1.82) is 0 Å². The van der Waals surface area contributed by atoms with Crippen LogP contribution in [-0.4, -0.2) is 18.7 Å². The molecule has 0 atom stereocenters. The summed E-state index contributed by atoms with van der Waals surface area (Å²) in [4.78, 5) is 11.9. The average molecular weight is 258 g/mol. The van der Waals surface area contributed by atoms with Crippen LogP contribution in [0, 0.1) is 0 Å². The molecule has 0 amide bonds. The van der Waals surface area contributed by atoms with E-state index in [2.05, 4.69) is 0 Å². The third-order valence-corrected chi connectivity index (χ3v) is 2.29. The number of nitrogen functional groups attached to an aromatic ring is 1. The summed E-state index contributed by atoms with van der Waals surface area (Å²) >= 11 is 5.95. The summed E-state index contributed by atoms with van der Waals surface area (Å²) < 4.78 is 10.3. The Balaban J connectivity index is 3.17. The van der Waals surface area contributed by atoms with Crippen LogP contribution in [0.1, 0.15) is 31.1 Å². The van der Waals surface area contributed by atoms with Crippen LogP contribution < -0.4 is 10.5 Å². The maximum Gasteiger partial charge on any atom is 0.342 e. The first-order valence-electron chi connectivity index (χ1n) is 5.11. The van der Waals surface area contributed by atoms with Crippen LogP contribution in [-0.2, 0) is 4.74 Å². The molecule has 0 fully saturated rings. The maximum absolute atomic E-state index is 11.9. The molecule has 17 heavy (non-hydrogen) atoms. The summed E-state index contributed by atoms with van der Waals surface area (Å²) in [6.07, 6.45) is 0. The fraction of sp³-hybridized carbons (Fsp3) is 0.417. The molecule has 1 aromatic rings. The Kier molecular flexibility index (Phi) is 3.88.